The average molecular weight is 331 g/mol. The Morgan fingerprint density at radius 3 is 2.12 bits per heavy atom. The summed E-state index contributed by atoms with van der Waals surface area (Å²) in [5.74, 6) is 0. The Hall–Kier alpha value is -3.34. The number of aromatic nitrogens is 2. The molecule has 0 aliphatic carbocycles. The second-order valence-corrected chi connectivity index (χ2v) is 5.75. The quantitative estimate of drug-likeness (QED) is 0.364. The zero-order chi connectivity index (χ0) is 17.8. The summed E-state index contributed by atoms with van der Waals surface area (Å²) >= 11 is 0. The highest BCUT2D eigenvalue weighted by molar-refractivity contribution is 5.90. The summed E-state index contributed by atoms with van der Waals surface area (Å²) in [6, 6.07) is 17.0. The van der Waals surface area contributed by atoms with Gasteiger partial charge in [0.2, 0.25) is 0 Å². The summed E-state index contributed by atoms with van der Waals surface area (Å²) in [4.78, 5) is 18.6. The van der Waals surface area contributed by atoms with Crippen molar-refractivity contribution in [3.8, 4) is 0 Å². The molecule has 0 bridgehead atoms. The van der Waals surface area contributed by atoms with E-state index in [9.17, 15) is 10.1 Å². The number of nitro groups is 1. The van der Waals surface area contributed by atoms with Crippen LogP contribution in [0.2, 0.25) is 0 Å². The monoisotopic (exact) mass is 331 g/mol. The van der Waals surface area contributed by atoms with E-state index < -0.39 is 0 Å². The van der Waals surface area contributed by atoms with Crippen LogP contribution >= 0.6 is 0 Å². The van der Waals surface area contributed by atoms with E-state index >= 15 is 0 Å². The van der Waals surface area contributed by atoms with Crippen molar-refractivity contribution in [1.29, 1.82) is 0 Å². The summed E-state index contributed by atoms with van der Waals surface area (Å²) < 4.78 is 0. The van der Waals surface area contributed by atoms with Crippen LogP contribution in [0.25, 0.3) is 21.5 Å². The van der Waals surface area contributed by atoms with Crippen molar-refractivity contribution in [2.45, 2.75) is 13.8 Å². The van der Waals surface area contributed by atoms with Gasteiger partial charge in [0.15, 0.2) is 0 Å². The number of nitro benzene ring substituents is 1. The third-order valence-electron chi connectivity index (χ3n) is 3.84. The number of benzene rings is 2. The molecular formula is C20H17N3O2. The third-order valence-corrected chi connectivity index (χ3v) is 3.84. The standard InChI is InChI=1S/C10H8N2O2.C10H9N/c1-7-5-9-8(6-11-7)3-2-4-10(9)12(13)14;1-8-6-9-4-2-3-5-10(9)7-11-8/h2-6H,1H3;2-7H,1H3. The van der Waals surface area contributed by atoms with Crippen molar-refractivity contribution < 1.29 is 4.92 Å². The number of pyridine rings is 2. The van der Waals surface area contributed by atoms with Gasteiger partial charge < -0.3 is 0 Å². The van der Waals surface area contributed by atoms with E-state index in [2.05, 4.69) is 28.2 Å². The number of aryl methyl sites for hydroxylation is 2. The minimum absolute atomic E-state index is 0.132. The lowest BCUT2D eigenvalue weighted by Crippen LogP contribution is -1.90. The van der Waals surface area contributed by atoms with E-state index in [4.69, 9.17) is 0 Å². The zero-order valence-electron chi connectivity index (χ0n) is 14.0. The molecule has 2 aromatic heterocycles. The molecule has 25 heavy (non-hydrogen) atoms. The molecule has 5 nitrogen and oxygen atoms in total. The van der Waals surface area contributed by atoms with Crippen LogP contribution in [0.5, 0.6) is 0 Å². The van der Waals surface area contributed by atoms with Gasteiger partial charge in [0.25, 0.3) is 5.69 Å². The molecule has 2 aromatic carbocycles. The second kappa shape index (κ2) is 7.05. The van der Waals surface area contributed by atoms with Crippen LogP contribution in [0, 0.1) is 24.0 Å². The first-order valence-corrected chi connectivity index (χ1v) is 7.86. The Kier molecular flexibility index (Phi) is 4.66. The normalized spacial score (nSPS) is 10.3. The summed E-state index contributed by atoms with van der Waals surface area (Å²) in [6.45, 7) is 3.82. The molecule has 0 saturated heterocycles. The van der Waals surface area contributed by atoms with Crippen LogP contribution < -0.4 is 0 Å². The van der Waals surface area contributed by atoms with Crippen molar-refractivity contribution in [1.82, 2.24) is 9.97 Å². The first-order valence-electron chi connectivity index (χ1n) is 7.86. The molecule has 0 radical (unpaired) electrons. The summed E-state index contributed by atoms with van der Waals surface area (Å²) in [7, 11) is 0. The third kappa shape index (κ3) is 3.77. The van der Waals surface area contributed by atoms with Gasteiger partial charge in [-0.15, -0.1) is 0 Å². The molecule has 5 heteroatoms. The molecular weight excluding hydrogens is 314 g/mol. The zero-order valence-corrected chi connectivity index (χ0v) is 14.0. The van der Waals surface area contributed by atoms with Crippen molar-refractivity contribution in [2.24, 2.45) is 0 Å². The lowest BCUT2D eigenvalue weighted by atomic mass is 10.1. The van der Waals surface area contributed by atoms with Crippen LogP contribution in [-0.2, 0) is 0 Å². The number of nitrogens with zero attached hydrogens (tertiary/aromatic N) is 3. The van der Waals surface area contributed by atoms with Gasteiger partial charge in [-0.2, -0.15) is 0 Å². The van der Waals surface area contributed by atoms with Crippen LogP contribution in [-0.4, -0.2) is 14.9 Å². The number of fused-ring (bicyclic) bond motifs is 2. The molecule has 0 atom stereocenters. The Morgan fingerprint density at radius 2 is 1.40 bits per heavy atom. The number of hydrogen-bond acceptors (Lipinski definition) is 4. The van der Waals surface area contributed by atoms with Crippen LogP contribution in [0.4, 0.5) is 5.69 Å². The van der Waals surface area contributed by atoms with Gasteiger partial charge in [-0.25, -0.2) is 0 Å². The summed E-state index contributed by atoms with van der Waals surface area (Å²) in [5, 5.41) is 14.6. The van der Waals surface area contributed by atoms with Gasteiger partial charge in [-0.05, 0) is 31.4 Å². The highest BCUT2D eigenvalue weighted by atomic mass is 16.6. The fourth-order valence-electron chi connectivity index (χ4n) is 2.61. The highest BCUT2D eigenvalue weighted by Crippen LogP contribution is 2.24. The molecule has 0 saturated carbocycles. The topological polar surface area (TPSA) is 68.9 Å². The van der Waals surface area contributed by atoms with E-state index in [-0.39, 0.29) is 10.6 Å². The smallest absolute Gasteiger partial charge is 0.261 e. The second-order valence-electron chi connectivity index (χ2n) is 5.75. The molecule has 4 rings (SSSR count). The first kappa shape index (κ1) is 16.5. The van der Waals surface area contributed by atoms with Crippen molar-refractivity contribution in [3.05, 3.63) is 88.5 Å². The van der Waals surface area contributed by atoms with E-state index in [0.717, 1.165) is 16.8 Å². The largest absolute Gasteiger partial charge is 0.277 e. The maximum absolute atomic E-state index is 10.7. The molecule has 2 heterocycles. The Morgan fingerprint density at radius 1 is 0.800 bits per heavy atom. The molecule has 0 aliphatic rings. The Labute approximate surface area is 145 Å². The maximum Gasteiger partial charge on any atom is 0.277 e. The molecule has 124 valence electrons. The van der Waals surface area contributed by atoms with E-state index in [1.165, 1.54) is 16.8 Å². The lowest BCUT2D eigenvalue weighted by molar-refractivity contribution is -0.383. The van der Waals surface area contributed by atoms with E-state index in [1.54, 1.807) is 18.3 Å². The Balaban J connectivity index is 0.000000150. The minimum Gasteiger partial charge on any atom is -0.261 e. The predicted molar refractivity (Wildman–Crippen MR) is 99.6 cm³/mol. The molecule has 0 aliphatic heterocycles. The molecule has 4 aromatic rings. The fourth-order valence-corrected chi connectivity index (χ4v) is 2.61. The van der Waals surface area contributed by atoms with Gasteiger partial charge in [-0.1, -0.05) is 36.4 Å². The van der Waals surface area contributed by atoms with Crippen LogP contribution in [0.1, 0.15) is 11.4 Å². The van der Waals surface area contributed by atoms with Crippen molar-refractivity contribution >= 4 is 27.2 Å². The molecule has 0 N–H and O–H groups in total. The fraction of sp³-hybridized carbons (Fsp3) is 0.100. The number of hydrogen-bond donors (Lipinski definition) is 0. The average Bonchev–Trinajstić information content (AvgIpc) is 2.61. The molecule has 0 fully saturated rings. The van der Waals surface area contributed by atoms with Gasteiger partial charge >= 0.3 is 0 Å². The molecule has 0 amide bonds. The molecule has 0 spiro atoms. The maximum atomic E-state index is 10.7. The molecule has 0 unspecified atom stereocenters. The first-order chi connectivity index (χ1) is 12.0. The van der Waals surface area contributed by atoms with Gasteiger partial charge in [0.1, 0.15) is 0 Å². The van der Waals surface area contributed by atoms with E-state index in [1.807, 2.05) is 38.2 Å². The number of rotatable bonds is 1. The number of non-ortho nitro benzene ring substituents is 1. The summed E-state index contributed by atoms with van der Waals surface area (Å²) in [6.07, 6.45) is 3.56. The van der Waals surface area contributed by atoms with E-state index in [0.29, 0.717) is 5.39 Å². The Bertz CT molecular complexity index is 1060. The van der Waals surface area contributed by atoms with Crippen LogP contribution in [0.3, 0.4) is 0 Å². The summed E-state index contributed by atoms with van der Waals surface area (Å²) in [5.41, 5.74) is 1.99. The highest BCUT2D eigenvalue weighted by Gasteiger charge is 2.10. The minimum atomic E-state index is -0.373. The van der Waals surface area contributed by atoms with Gasteiger partial charge in [0, 0.05) is 40.6 Å². The van der Waals surface area contributed by atoms with Crippen LogP contribution in [0.15, 0.2) is 67.0 Å². The van der Waals surface area contributed by atoms with Gasteiger partial charge in [-0.3, -0.25) is 20.1 Å². The lowest BCUT2D eigenvalue weighted by Gasteiger charge is -1.99. The predicted octanol–water partition coefficient (Wildman–Crippen LogP) is 4.99. The van der Waals surface area contributed by atoms with Gasteiger partial charge in [0.05, 0.1) is 10.3 Å². The SMILES string of the molecule is Cc1cc2c([N+](=O)[O-])cccc2cn1.Cc1cc2ccccc2cn1. The van der Waals surface area contributed by atoms with Crippen molar-refractivity contribution in [2.75, 3.05) is 0 Å². The van der Waals surface area contributed by atoms with Crippen molar-refractivity contribution in [3.63, 3.8) is 0 Å².